The van der Waals surface area contributed by atoms with Crippen molar-refractivity contribution in [3.05, 3.63) is 51.2 Å². The molecule has 0 N–H and O–H groups in total. The molecule has 1 aromatic carbocycles. The van der Waals surface area contributed by atoms with Crippen LogP contribution in [0.4, 0.5) is 0 Å². The summed E-state index contributed by atoms with van der Waals surface area (Å²) in [6, 6.07) is 7.86. The van der Waals surface area contributed by atoms with Gasteiger partial charge in [0.1, 0.15) is 0 Å². The summed E-state index contributed by atoms with van der Waals surface area (Å²) in [5.74, 6) is 0.116. The predicted molar refractivity (Wildman–Crippen MR) is 81.2 cm³/mol. The Balaban J connectivity index is 1.87. The number of nitrogens with zero attached hydrogens (tertiary/aromatic N) is 1. The molecule has 0 saturated carbocycles. The van der Waals surface area contributed by atoms with E-state index in [1.807, 2.05) is 30.0 Å². The maximum Gasteiger partial charge on any atom is 0.254 e. The molecule has 0 saturated heterocycles. The van der Waals surface area contributed by atoms with Crippen LogP contribution in [-0.4, -0.2) is 17.4 Å². The number of carbonyl (C=O) groups is 1. The SMILES string of the molecule is Cc1ccc(S)cc1C(=O)N1CCc2sccc2C1. The Morgan fingerprint density at radius 1 is 1.37 bits per heavy atom. The predicted octanol–water partition coefficient (Wildman–Crippen LogP) is 3.54. The second-order valence-electron chi connectivity index (χ2n) is 4.84. The van der Waals surface area contributed by atoms with Crippen molar-refractivity contribution in [3.8, 4) is 0 Å². The van der Waals surface area contributed by atoms with E-state index in [1.54, 1.807) is 11.3 Å². The summed E-state index contributed by atoms with van der Waals surface area (Å²) in [5, 5.41) is 2.11. The molecule has 0 fully saturated rings. The highest BCUT2D eigenvalue weighted by Gasteiger charge is 2.23. The monoisotopic (exact) mass is 289 g/mol. The summed E-state index contributed by atoms with van der Waals surface area (Å²) in [6.07, 6.45) is 0.971. The number of hydrogen-bond acceptors (Lipinski definition) is 3. The van der Waals surface area contributed by atoms with E-state index in [0.717, 1.165) is 35.5 Å². The molecular formula is C15H15NOS2. The molecule has 2 aromatic rings. The van der Waals surface area contributed by atoms with Crippen molar-refractivity contribution in [2.75, 3.05) is 6.54 Å². The third kappa shape index (κ3) is 2.42. The fraction of sp³-hybridized carbons (Fsp3) is 0.267. The van der Waals surface area contributed by atoms with Crippen molar-refractivity contribution < 1.29 is 4.79 Å². The van der Waals surface area contributed by atoms with Crippen LogP contribution >= 0.6 is 24.0 Å². The van der Waals surface area contributed by atoms with Gasteiger partial charge < -0.3 is 4.90 Å². The lowest BCUT2D eigenvalue weighted by Crippen LogP contribution is -2.35. The molecule has 98 valence electrons. The summed E-state index contributed by atoms with van der Waals surface area (Å²) >= 11 is 6.12. The molecule has 0 atom stereocenters. The Bertz CT molecular complexity index is 633. The number of aryl methyl sites for hydroxylation is 1. The van der Waals surface area contributed by atoms with E-state index in [2.05, 4.69) is 24.1 Å². The van der Waals surface area contributed by atoms with E-state index in [4.69, 9.17) is 0 Å². The van der Waals surface area contributed by atoms with Crippen LogP contribution < -0.4 is 0 Å². The molecule has 0 spiro atoms. The Kier molecular flexibility index (Phi) is 3.37. The largest absolute Gasteiger partial charge is 0.334 e. The van der Waals surface area contributed by atoms with Gasteiger partial charge in [-0.15, -0.1) is 24.0 Å². The van der Waals surface area contributed by atoms with E-state index in [0.29, 0.717) is 0 Å². The Morgan fingerprint density at radius 2 is 2.21 bits per heavy atom. The number of hydrogen-bond donors (Lipinski definition) is 1. The summed E-state index contributed by atoms with van der Waals surface area (Å²) in [6.45, 7) is 3.51. The standard InChI is InChI=1S/C15H15NOS2/c1-10-2-3-12(18)8-13(10)15(17)16-6-4-14-11(9-16)5-7-19-14/h2-3,5,7-8,18H,4,6,9H2,1H3. The van der Waals surface area contributed by atoms with Gasteiger partial charge in [-0.2, -0.15) is 0 Å². The van der Waals surface area contributed by atoms with Crippen LogP contribution in [0.25, 0.3) is 0 Å². The highest BCUT2D eigenvalue weighted by atomic mass is 32.1. The van der Waals surface area contributed by atoms with Crippen LogP contribution in [0.5, 0.6) is 0 Å². The molecule has 3 rings (SSSR count). The van der Waals surface area contributed by atoms with Crippen molar-refractivity contribution in [1.82, 2.24) is 4.90 Å². The van der Waals surface area contributed by atoms with Gasteiger partial charge in [0.2, 0.25) is 0 Å². The minimum Gasteiger partial charge on any atom is -0.334 e. The molecule has 0 aliphatic carbocycles. The number of thiol groups is 1. The number of carbonyl (C=O) groups excluding carboxylic acids is 1. The highest BCUT2D eigenvalue weighted by molar-refractivity contribution is 7.80. The second kappa shape index (κ2) is 5.02. The lowest BCUT2D eigenvalue weighted by Gasteiger charge is -2.27. The average Bonchev–Trinajstić information content (AvgIpc) is 2.88. The zero-order valence-electron chi connectivity index (χ0n) is 10.7. The van der Waals surface area contributed by atoms with Gasteiger partial charge in [-0.1, -0.05) is 6.07 Å². The van der Waals surface area contributed by atoms with Gasteiger partial charge >= 0.3 is 0 Å². The number of amides is 1. The average molecular weight is 289 g/mol. The molecule has 0 radical (unpaired) electrons. The van der Waals surface area contributed by atoms with Crippen LogP contribution in [-0.2, 0) is 13.0 Å². The minimum atomic E-state index is 0.116. The summed E-state index contributed by atoms with van der Waals surface area (Å²) in [7, 11) is 0. The number of benzene rings is 1. The maximum atomic E-state index is 12.6. The fourth-order valence-corrected chi connectivity index (χ4v) is 3.53. The molecule has 1 aromatic heterocycles. The van der Waals surface area contributed by atoms with Crippen LogP contribution in [0.3, 0.4) is 0 Å². The molecule has 0 bridgehead atoms. The zero-order chi connectivity index (χ0) is 13.4. The second-order valence-corrected chi connectivity index (χ2v) is 6.36. The van der Waals surface area contributed by atoms with Crippen molar-refractivity contribution in [2.45, 2.75) is 24.8 Å². The first-order valence-corrected chi connectivity index (χ1v) is 7.62. The van der Waals surface area contributed by atoms with E-state index in [9.17, 15) is 4.79 Å². The van der Waals surface area contributed by atoms with Crippen molar-refractivity contribution in [3.63, 3.8) is 0 Å². The summed E-state index contributed by atoms with van der Waals surface area (Å²) in [4.78, 5) is 16.8. The molecule has 1 amide bonds. The smallest absolute Gasteiger partial charge is 0.254 e. The molecule has 1 aliphatic rings. The van der Waals surface area contributed by atoms with Gasteiger partial charge in [-0.25, -0.2) is 0 Å². The third-order valence-electron chi connectivity index (χ3n) is 3.55. The van der Waals surface area contributed by atoms with Gasteiger partial charge in [0, 0.05) is 28.4 Å². The first kappa shape index (κ1) is 12.8. The summed E-state index contributed by atoms with van der Waals surface area (Å²) in [5.41, 5.74) is 3.08. The Hall–Kier alpha value is -1.26. The zero-order valence-corrected chi connectivity index (χ0v) is 12.4. The highest BCUT2D eigenvalue weighted by Crippen LogP contribution is 2.26. The topological polar surface area (TPSA) is 20.3 Å². The van der Waals surface area contributed by atoms with Gasteiger partial charge in [-0.3, -0.25) is 4.79 Å². The van der Waals surface area contributed by atoms with Crippen LogP contribution in [0.15, 0.2) is 34.5 Å². The van der Waals surface area contributed by atoms with E-state index >= 15 is 0 Å². The molecule has 2 heterocycles. The van der Waals surface area contributed by atoms with Crippen molar-refractivity contribution in [1.29, 1.82) is 0 Å². The van der Waals surface area contributed by atoms with Gasteiger partial charge in [0.15, 0.2) is 0 Å². The lowest BCUT2D eigenvalue weighted by atomic mass is 10.0. The molecule has 1 aliphatic heterocycles. The van der Waals surface area contributed by atoms with Crippen LogP contribution in [0, 0.1) is 6.92 Å². The van der Waals surface area contributed by atoms with Crippen LogP contribution in [0.1, 0.15) is 26.4 Å². The van der Waals surface area contributed by atoms with E-state index < -0.39 is 0 Å². The molecule has 2 nitrogen and oxygen atoms in total. The maximum absolute atomic E-state index is 12.6. The van der Waals surface area contributed by atoms with Gasteiger partial charge in [-0.05, 0) is 48.1 Å². The number of thiophene rings is 1. The molecule has 4 heteroatoms. The van der Waals surface area contributed by atoms with Gasteiger partial charge in [0.05, 0.1) is 0 Å². The first-order valence-electron chi connectivity index (χ1n) is 6.29. The van der Waals surface area contributed by atoms with Crippen molar-refractivity contribution in [2.24, 2.45) is 0 Å². The van der Waals surface area contributed by atoms with Crippen LogP contribution in [0.2, 0.25) is 0 Å². The summed E-state index contributed by atoms with van der Waals surface area (Å²) < 4.78 is 0. The Morgan fingerprint density at radius 3 is 3.05 bits per heavy atom. The van der Waals surface area contributed by atoms with E-state index in [-0.39, 0.29) is 5.91 Å². The van der Waals surface area contributed by atoms with E-state index in [1.165, 1.54) is 10.4 Å². The molecule has 0 unspecified atom stereocenters. The fourth-order valence-electron chi connectivity index (χ4n) is 2.43. The van der Waals surface area contributed by atoms with Gasteiger partial charge in [0.25, 0.3) is 5.91 Å². The minimum absolute atomic E-state index is 0.116. The molecular weight excluding hydrogens is 274 g/mol. The number of fused-ring (bicyclic) bond motifs is 1. The Labute approximate surface area is 122 Å². The third-order valence-corrected chi connectivity index (χ3v) is 4.85. The lowest BCUT2D eigenvalue weighted by molar-refractivity contribution is 0.0735. The van der Waals surface area contributed by atoms with Crippen molar-refractivity contribution >= 4 is 29.9 Å². The number of rotatable bonds is 1. The normalized spacial score (nSPS) is 14.3. The molecule has 19 heavy (non-hydrogen) atoms. The first-order chi connectivity index (χ1) is 9.15. The quantitative estimate of drug-likeness (QED) is 0.796.